The Morgan fingerprint density at radius 3 is 1.94 bits per heavy atom. The SMILES string of the molecule is CCCCOc1cc2c(cc1OC)C1Cc3c(n(CO)c4ccc(OCC5CN6Cc7c(c8ccccc8n7CO)CC6c6cc(OC)c(OCCCC)cc65)cc34)CN1CC2. The van der Waals surface area contributed by atoms with Gasteiger partial charge in [-0.3, -0.25) is 9.80 Å². The van der Waals surface area contributed by atoms with Crippen LogP contribution in [0, 0.1) is 0 Å². The van der Waals surface area contributed by atoms with Crippen molar-refractivity contribution in [1.29, 1.82) is 0 Å². The number of para-hydroxylation sites is 1. The van der Waals surface area contributed by atoms with E-state index in [9.17, 15) is 10.2 Å². The van der Waals surface area contributed by atoms with E-state index in [4.69, 9.17) is 23.7 Å². The molecular weight excluding hydrogens is 781 g/mol. The van der Waals surface area contributed by atoms with Crippen LogP contribution in [0.3, 0.4) is 0 Å². The highest BCUT2D eigenvalue weighted by Gasteiger charge is 2.40. The summed E-state index contributed by atoms with van der Waals surface area (Å²) >= 11 is 0. The molecule has 0 bridgehead atoms. The van der Waals surface area contributed by atoms with Crippen LogP contribution in [0.1, 0.15) is 102 Å². The van der Waals surface area contributed by atoms with Gasteiger partial charge in [-0.2, -0.15) is 0 Å². The van der Waals surface area contributed by atoms with E-state index in [0.29, 0.717) is 19.8 Å². The van der Waals surface area contributed by atoms with Crippen molar-refractivity contribution >= 4 is 21.8 Å². The van der Waals surface area contributed by atoms with Gasteiger partial charge in [-0.05, 0) is 114 Å². The normalized spacial score (nSPS) is 19.3. The summed E-state index contributed by atoms with van der Waals surface area (Å²) in [6, 6.07) is 24.0. The molecule has 4 aliphatic rings. The first-order chi connectivity index (χ1) is 30.5. The average molecular weight is 841 g/mol. The van der Waals surface area contributed by atoms with Gasteiger partial charge in [0.1, 0.15) is 19.2 Å². The second-order valence-corrected chi connectivity index (χ2v) is 17.5. The Hall–Kier alpha value is -5.20. The van der Waals surface area contributed by atoms with Crippen molar-refractivity contribution < 1.29 is 33.9 Å². The van der Waals surface area contributed by atoms with Crippen molar-refractivity contribution in [2.45, 2.75) is 103 Å². The van der Waals surface area contributed by atoms with Gasteiger partial charge in [0.2, 0.25) is 0 Å². The molecule has 0 saturated carbocycles. The molecule has 0 spiro atoms. The van der Waals surface area contributed by atoms with Gasteiger partial charge < -0.3 is 43.0 Å². The molecule has 3 unspecified atom stereocenters. The molecule has 2 aromatic heterocycles. The number of methoxy groups -OCH3 is 2. The van der Waals surface area contributed by atoms with Gasteiger partial charge in [-0.1, -0.05) is 44.9 Å². The lowest BCUT2D eigenvalue weighted by atomic mass is 9.80. The van der Waals surface area contributed by atoms with Crippen LogP contribution in [-0.2, 0) is 45.8 Å². The van der Waals surface area contributed by atoms with E-state index >= 15 is 0 Å². The molecule has 4 aromatic carbocycles. The Labute approximate surface area is 364 Å². The number of aliphatic hydroxyl groups excluding tert-OH is 2. The second kappa shape index (κ2) is 17.2. The smallest absolute Gasteiger partial charge is 0.161 e. The minimum absolute atomic E-state index is 0.0531. The predicted octanol–water partition coefficient (Wildman–Crippen LogP) is 8.80. The van der Waals surface area contributed by atoms with E-state index < -0.39 is 0 Å². The van der Waals surface area contributed by atoms with E-state index in [1.54, 1.807) is 14.2 Å². The van der Waals surface area contributed by atoms with E-state index in [1.807, 2.05) is 6.07 Å². The molecule has 11 heteroatoms. The van der Waals surface area contributed by atoms with E-state index in [0.717, 1.165) is 116 Å². The summed E-state index contributed by atoms with van der Waals surface area (Å²) < 4.78 is 35.5. The molecule has 0 radical (unpaired) electrons. The van der Waals surface area contributed by atoms with Crippen LogP contribution in [-0.4, -0.2) is 76.3 Å². The highest BCUT2D eigenvalue weighted by molar-refractivity contribution is 5.88. The van der Waals surface area contributed by atoms with Crippen molar-refractivity contribution in [3.8, 4) is 28.7 Å². The second-order valence-electron chi connectivity index (χ2n) is 17.5. The zero-order valence-electron chi connectivity index (χ0n) is 36.6. The number of fused-ring (bicyclic) bond motifs is 12. The van der Waals surface area contributed by atoms with Gasteiger partial charge in [0, 0.05) is 66.3 Å². The maximum Gasteiger partial charge on any atom is 0.161 e. The summed E-state index contributed by atoms with van der Waals surface area (Å²) in [6.45, 7) is 9.26. The lowest BCUT2D eigenvalue weighted by molar-refractivity contribution is 0.117. The summed E-state index contributed by atoms with van der Waals surface area (Å²) in [7, 11) is 3.45. The maximum atomic E-state index is 10.8. The molecule has 62 heavy (non-hydrogen) atoms. The molecule has 326 valence electrons. The molecule has 0 aliphatic carbocycles. The minimum Gasteiger partial charge on any atom is -0.493 e. The molecular formula is C51H60N4O7. The quantitative estimate of drug-likeness (QED) is 0.0983. The highest BCUT2D eigenvalue weighted by atomic mass is 16.5. The third-order valence-electron chi connectivity index (χ3n) is 14.2. The Bertz CT molecular complexity index is 2610. The first-order valence-corrected chi connectivity index (χ1v) is 22.7. The molecule has 6 heterocycles. The van der Waals surface area contributed by atoms with Crippen LogP contribution in [0.5, 0.6) is 28.7 Å². The topological polar surface area (TPSA) is 103 Å². The number of benzene rings is 4. The Kier molecular flexibility index (Phi) is 11.3. The van der Waals surface area contributed by atoms with Crippen LogP contribution in [0.2, 0.25) is 0 Å². The van der Waals surface area contributed by atoms with Crippen LogP contribution < -0.4 is 23.7 Å². The first-order valence-electron chi connectivity index (χ1n) is 22.7. The number of aromatic nitrogens is 2. The number of rotatable bonds is 15. The van der Waals surface area contributed by atoms with Gasteiger partial charge in [-0.25, -0.2) is 0 Å². The van der Waals surface area contributed by atoms with Crippen molar-refractivity contribution in [2.24, 2.45) is 0 Å². The Morgan fingerprint density at radius 1 is 0.629 bits per heavy atom. The third-order valence-corrected chi connectivity index (χ3v) is 14.2. The summed E-state index contributed by atoms with van der Waals surface area (Å²) in [5.74, 6) is 4.02. The van der Waals surface area contributed by atoms with E-state index in [-0.39, 0.29) is 31.5 Å². The molecule has 11 nitrogen and oxygen atoms in total. The monoisotopic (exact) mass is 840 g/mol. The summed E-state index contributed by atoms with van der Waals surface area (Å²) in [4.78, 5) is 5.11. The number of aliphatic hydroxyl groups is 2. The largest absolute Gasteiger partial charge is 0.493 e. The van der Waals surface area contributed by atoms with Crippen molar-refractivity contribution in [2.75, 3.05) is 47.1 Å². The van der Waals surface area contributed by atoms with Crippen molar-refractivity contribution in [3.05, 3.63) is 111 Å². The fraction of sp³-hybridized carbons (Fsp3) is 0.451. The van der Waals surface area contributed by atoms with Crippen LogP contribution in [0.15, 0.2) is 66.7 Å². The van der Waals surface area contributed by atoms with Gasteiger partial charge in [-0.15, -0.1) is 0 Å². The first kappa shape index (κ1) is 40.8. The molecule has 2 N–H and O–H groups in total. The van der Waals surface area contributed by atoms with Crippen molar-refractivity contribution in [3.63, 3.8) is 0 Å². The van der Waals surface area contributed by atoms with Gasteiger partial charge in [0.05, 0.1) is 45.1 Å². The number of unbranched alkanes of at least 4 members (excludes halogenated alkanes) is 2. The Balaban J connectivity index is 0.968. The van der Waals surface area contributed by atoms with Gasteiger partial charge in [0.25, 0.3) is 0 Å². The predicted molar refractivity (Wildman–Crippen MR) is 241 cm³/mol. The number of ether oxygens (including phenoxy) is 5. The minimum atomic E-state index is -0.0770. The molecule has 3 atom stereocenters. The average Bonchev–Trinajstić information content (AvgIpc) is 3.79. The van der Waals surface area contributed by atoms with Gasteiger partial charge >= 0.3 is 0 Å². The van der Waals surface area contributed by atoms with Crippen LogP contribution >= 0.6 is 0 Å². The van der Waals surface area contributed by atoms with E-state index in [1.165, 1.54) is 50.2 Å². The fourth-order valence-corrected chi connectivity index (χ4v) is 11.0. The maximum absolute atomic E-state index is 10.8. The molecule has 0 amide bonds. The molecule has 6 aromatic rings. The summed E-state index contributed by atoms with van der Waals surface area (Å²) in [6.07, 6.45) is 6.73. The number of nitrogens with zero attached hydrogens (tertiary/aromatic N) is 4. The Morgan fingerprint density at radius 2 is 1.24 bits per heavy atom. The van der Waals surface area contributed by atoms with Crippen molar-refractivity contribution in [1.82, 2.24) is 18.9 Å². The molecule has 4 aliphatic heterocycles. The lowest BCUT2D eigenvalue weighted by Crippen LogP contribution is -2.43. The van der Waals surface area contributed by atoms with Crippen LogP contribution in [0.4, 0.5) is 0 Å². The standard InChI is InChI=1S/C51H60N4O7/c1-5-7-17-60-50-19-32-15-16-52-27-46-40(22-44(52)37(32)24-48(50)58-3)38-20-34(13-14-43(38)55(46)31-57)62-29-33-26-53-28-47-39(35-11-9-10-12-42(35)54(47)30-56)21-45(53)41-25-49(59-4)51(23-36(33)41)61-18-8-6-2/h9-14,19-20,23-25,33,44-45,56-57H,5-8,15-18,21-22,26-31H2,1-4H3. The van der Waals surface area contributed by atoms with Crippen LogP contribution in [0.25, 0.3) is 21.8 Å². The highest BCUT2D eigenvalue weighted by Crippen LogP contribution is 2.49. The number of hydrogen-bond acceptors (Lipinski definition) is 9. The number of hydrogen-bond donors (Lipinski definition) is 2. The van der Waals surface area contributed by atoms with Gasteiger partial charge in [0.15, 0.2) is 23.0 Å². The third kappa shape index (κ3) is 6.97. The zero-order valence-corrected chi connectivity index (χ0v) is 36.6. The molecule has 0 fully saturated rings. The summed E-state index contributed by atoms with van der Waals surface area (Å²) in [5.41, 5.74) is 12.1. The lowest BCUT2D eigenvalue weighted by Gasteiger charge is -2.44. The zero-order chi connectivity index (χ0) is 42.5. The molecule has 0 saturated heterocycles. The fourth-order valence-electron chi connectivity index (χ4n) is 11.0. The molecule has 10 rings (SSSR count). The van der Waals surface area contributed by atoms with E-state index in [2.05, 4.69) is 93.4 Å². The summed E-state index contributed by atoms with van der Waals surface area (Å²) in [5, 5.41) is 23.7.